The van der Waals surface area contributed by atoms with Crippen molar-refractivity contribution >= 4 is 17.2 Å². The average Bonchev–Trinajstić information content (AvgIpc) is 3.36. The van der Waals surface area contributed by atoms with Gasteiger partial charge in [-0.25, -0.2) is 9.67 Å². The summed E-state index contributed by atoms with van der Waals surface area (Å²) in [5.74, 6) is 0.824. The average molecular weight is 381 g/mol. The molecule has 3 aromatic rings. The summed E-state index contributed by atoms with van der Waals surface area (Å²) < 4.78 is 1.72. The molecule has 1 aliphatic rings. The van der Waals surface area contributed by atoms with Crippen LogP contribution in [0.15, 0.2) is 43.0 Å². The molecule has 0 unspecified atom stereocenters. The summed E-state index contributed by atoms with van der Waals surface area (Å²) in [6.07, 6.45) is 6.63. The molecule has 2 aromatic heterocycles. The number of hydrogen-bond acceptors (Lipinski definition) is 4. The molecule has 6 heteroatoms. The zero-order valence-electron chi connectivity index (χ0n) is 15.9. The quantitative estimate of drug-likeness (QED) is 0.678. The van der Waals surface area contributed by atoms with Crippen molar-refractivity contribution in [3.05, 3.63) is 63.9 Å². The normalized spacial score (nSPS) is 17.4. The molecule has 0 aliphatic heterocycles. The second kappa shape index (κ2) is 7.27. The third-order valence-corrected chi connectivity index (χ3v) is 6.73. The fourth-order valence-corrected chi connectivity index (χ4v) is 4.82. The van der Waals surface area contributed by atoms with Gasteiger partial charge in [-0.2, -0.15) is 5.10 Å². The molecule has 0 fully saturated rings. The summed E-state index contributed by atoms with van der Waals surface area (Å²) in [7, 11) is 1.89. The topological polar surface area (TPSA) is 51.0 Å². The smallest absolute Gasteiger partial charge is 0.264 e. The third kappa shape index (κ3) is 3.54. The first-order valence-corrected chi connectivity index (χ1v) is 10.2. The van der Waals surface area contributed by atoms with Gasteiger partial charge in [0, 0.05) is 11.9 Å². The van der Waals surface area contributed by atoms with E-state index >= 15 is 0 Å². The number of carbonyl (C=O) groups excluding carboxylic acids is 1. The molecule has 0 N–H and O–H groups in total. The van der Waals surface area contributed by atoms with Crippen molar-refractivity contribution in [1.29, 1.82) is 0 Å². The van der Waals surface area contributed by atoms with Crippen molar-refractivity contribution in [2.24, 2.45) is 5.92 Å². The first-order valence-electron chi connectivity index (χ1n) is 9.36. The minimum absolute atomic E-state index is 0.000322. The molecule has 0 saturated heterocycles. The number of amides is 1. The van der Waals surface area contributed by atoms with E-state index in [1.54, 1.807) is 22.3 Å². The SMILES string of the molecule is C[C@H]1CCc2sc(C(=O)N(C)[C@H](C)c3ccc(-n4cncn4)cc3)cc2C1. The maximum absolute atomic E-state index is 13.0. The molecular formula is C21H24N4OS. The van der Waals surface area contributed by atoms with Gasteiger partial charge >= 0.3 is 0 Å². The van der Waals surface area contributed by atoms with Crippen molar-refractivity contribution in [2.45, 2.75) is 39.2 Å². The standard InChI is InChI=1S/C21H24N4OS/c1-14-4-9-19-17(10-14)11-20(27-19)21(26)24(3)15(2)16-5-7-18(8-6-16)25-13-22-12-23-25/h5-8,11-15H,4,9-10H2,1-3H3/t14-,15+/m0/s1. The Morgan fingerprint density at radius 3 is 2.81 bits per heavy atom. The van der Waals surface area contributed by atoms with Gasteiger partial charge in [0.15, 0.2) is 0 Å². The number of aromatic nitrogens is 3. The van der Waals surface area contributed by atoms with Crippen LogP contribution in [0.25, 0.3) is 5.69 Å². The van der Waals surface area contributed by atoms with E-state index in [1.807, 2.05) is 36.2 Å². The summed E-state index contributed by atoms with van der Waals surface area (Å²) in [4.78, 5) is 21.1. The van der Waals surface area contributed by atoms with Crippen LogP contribution in [0.1, 0.15) is 52.0 Å². The molecule has 5 nitrogen and oxygen atoms in total. The van der Waals surface area contributed by atoms with E-state index in [-0.39, 0.29) is 11.9 Å². The lowest BCUT2D eigenvalue weighted by molar-refractivity contribution is 0.0747. The van der Waals surface area contributed by atoms with Crippen LogP contribution < -0.4 is 0 Å². The second-order valence-corrected chi connectivity index (χ2v) is 8.57. The second-order valence-electron chi connectivity index (χ2n) is 7.43. The molecule has 140 valence electrons. The summed E-state index contributed by atoms with van der Waals surface area (Å²) in [5.41, 5.74) is 3.43. The van der Waals surface area contributed by atoms with Crippen molar-refractivity contribution in [3.63, 3.8) is 0 Å². The summed E-state index contributed by atoms with van der Waals surface area (Å²) >= 11 is 1.68. The lowest BCUT2D eigenvalue weighted by atomic mass is 9.90. The van der Waals surface area contributed by atoms with Crippen LogP contribution in [0.5, 0.6) is 0 Å². The van der Waals surface area contributed by atoms with Crippen LogP contribution in [0.4, 0.5) is 0 Å². The van der Waals surface area contributed by atoms with E-state index in [1.165, 1.54) is 23.2 Å². The number of thiophene rings is 1. The van der Waals surface area contributed by atoms with E-state index < -0.39 is 0 Å². The molecule has 2 atom stereocenters. The number of aryl methyl sites for hydroxylation is 1. The Balaban J connectivity index is 1.50. The van der Waals surface area contributed by atoms with Gasteiger partial charge in [0.1, 0.15) is 12.7 Å². The first-order chi connectivity index (χ1) is 13.0. The van der Waals surface area contributed by atoms with Crippen LogP contribution >= 0.6 is 11.3 Å². The number of nitrogens with zero attached hydrogens (tertiary/aromatic N) is 4. The Bertz CT molecular complexity index is 930. The molecule has 4 rings (SSSR count). The maximum Gasteiger partial charge on any atom is 0.264 e. The van der Waals surface area contributed by atoms with Crippen molar-refractivity contribution < 1.29 is 4.79 Å². The van der Waals surface area contributed by atoms with Gasteiger partial charge in [-0.1, -0.05) is 19.1 Å². The Labute approximate surface area is 163 Å². The molecular weight excluding hydrogens is 356 g/mol. The predicted molar refractivity (Wildman–Crippen MR) is 107 cm³/mol. The van der Waals surface area contributed by atoms with Crippen molar-refractivity contribution in [3.8, 4) is 5.69 Å². The highest BCUT2D eigenvalue weighted by atomic mass is 32.1. The Hall–Kier alpha value is -2.47. The van der Waals surface area contributed by atoms with Crippen LogP contribution in [-0.4, -0.2) is 32.6 Å². The lowest BCUT2D eigenvalue weighted by Gasteiger charge is -2.25. The maximum atomic E-state index is 13.0. The zero-order chi connectivity index (χ0) is 19.0. The van der Waals surface area contributed by atoms with E-state index in [9.17, 15) is 4.79 Å². The highest BCUT2D eigenvalue weighted by Crippen LogP contribution is 2.33. The molecule has 0 spiro atoms. The minimum atomic E-state index is 0.000322. The van der Waals surface area contributed by atoms with Gasteiger partial charge in [0.25, 0.3) is 5.91 Å². The molecule has 2 heterocycles. The largest absolute Gasteiger partial charge is 0.334 e. The highest BCUT2D eigenvalue weighted by Gasteiger charge is 2.24. The number of rotatable bonds is 4. The van der Waals surface area contributed by atoms with E-state index in [2.05, 4.69) is 30.0 Å². The molecule has 1 aliphatic carbocycles. The van der Waals surface area contributed by atoms with Crippen LogP contribution in [0.3, 0.4) is 0 Å². The highest BCUT2D eigenvalue weighted by molar-refractivity contribution is 7.14. The van der Waals surface area contributed by atoms with Crippen molar-refractivity contribution in [2.75, 3.05) is 7.05 Å². The minimum Gasteiger partial charge on any atom is -0.334 e. The van der Waals surface area contributed by atoms with E-state index in [0.717, 1.165) is 34.9 Å². The molecule has 1 aromatic carbocycles. The number of carbonyl (C=O) groups is 1. The fourth-order valence-electron chi connectivity index (χ4n) is 3.63. The van der Waals surface area contributed by atoms with Crippen molar-refractivity contribution in [1.82, 2.24) is 19.7 Å². The monoisotopic (exact) mass is 380 g/mol. The molecule has 1 amide bonds. The molecule has 0 saturated carbocycles. The van der Waals surface area contributed by atoms with Crippen LogP contribution in [-0.2, 0) is 12.8 Å². The van der Waals surface area contributed by atoms with Crippen LogP contribution in [0.2, 0.25) is 0 Å². The fraction of sp³-hybridized carbons (Fsp3) is 0.381. The third-order valence-electron chi connectivity index (χ3n) is 5.50. The Kier molecular flexibility index (Phi) is 4.83. The summed E-state index contributed by atoms with van der Waals surface area (Å²) in [6.45, 7) is 4.36. The Morgan fingerprint density at radius 1 is 1.33 bits per heavy atom. The van der Waals surface area contributed by atoms with Gasteiger partial charge in [0.2, 0.25) is 0 Å². The van der Waals surface area contributed by atoms with Gasteiger partial charge in [-0.05, 0) is 61.4 Å². The summed E-state index contributed by atoms with van der Waals surface area (Å²) in [5, 5.41) is 4.14. The van der Waals surface area contributed by atoms with Gasteiger partial charge in [-0.15, -0.1) is 11.3 Å². The lowest BCUT2D eigenvalue weighted by Crippen LogP contribution is -2.29. The van der Waals surface area contributed by atoms with E-state index in [0.29, 0.717) is 0 Å². The van der Waals surface area contributed by atoms with Gasteiger partial charge in [0.05, 0.1) is 16.6 Å². The molecule has 27 heavy (non-hydrogen) atoms. The number of fused-ring (bicyclic) bond motifs is 1. The van der Waals surface area contributed by atoms with Crippen LogP contribution in [0, 0.1) is 5.92 Å². The first kappa shape index (κ1) is 17.9. The van der Waals surface area contributed by atoms with E-state index in [4.69, 9.17) is 0 Å². The zero-order valence-corrected chi connectivity index (χ0v) is 16.7. The number of benzene rings is 1. The Morgan fingerprint density at radius 2 is 2.11 bits per heavy atom. The molecule has 0 radical (unpaired) electrons. The number of hydrogen-bond donors (Lipinski definition) is 0. The van der Waals surface area contributed by atoms with Gasteiger partial charge < -0.3 is 4.90 Å². The summed E-state index contributed by atoms with van der Waals surface area (Å²) in [6, 6.07) is 10.2. The van der Waals surface area contributed by atoms with Gasteiger partial charge in [-0.3, -0.25) is 4.79 Å². The molecule has 0 bridgehead atoms. The predicted octanol–water partition coefficient (Wildman–Crippen LogP) is 4.29.